The van der Waals surface area contributed by atoms with Crippen LogP contribution >= 0.6 is 0 Å². The van der Waals surface area contributed by atoms with Gasteiger partial charge in [0.25, 0.3) is 0 Å². The maximum atomic E-state index is 12.6. The highest BCUT2D eigenvalue weighted by atomic mass is 16.5. The highest BCUT2D eigenvalue weighted by Gasteiger charge is 2.16. The average Bonchev–Trinajstić information content (AvgIpc) is 2.62. The van der Waals surface area contributed by atoms with Crippen molar-refractivity contribution in [1.82, 2.24) is 0 Å². The van der Waals surface area contributed by atoms with E-state index in [1.807, 2.05) is 0 Å². The molecular formula is C19H14O5. The van der Waals surface area contributed by atoms with E-state index in [9.17, 15) is 14.4 Å². The molecule has 0 unspecified atom stereocenters. The summed E-state index contributed by atoms with van der Waals surface area (Å²) in [5, 5.41) is 0. The Kier molecular flexibility index (Phi) is 5.41. The van der Waals surface area contributed by atoms with Crippen molar-refractivity contribution in [2.75, 3.05) is 0 Å². The van der Waals surface area contributed by atoms with Crippen LogP contribution in [0.2, 0.25) is 0 Å². The Hall–Kier alpha value is -3.47. The van der Waals surface area contributed by atoms with Gasteiger partial charge in [0.05, 0.1) is 5.56 Å². The topological polar surface area (TPSA) is 69.7 Å². The Morgan fingerprint density at radius 2 is 1.38 bits per heavy atom. The molecule has 2 rings (SSSR count). The van der Waals surface area contributed by atoms with Crippen molar-refractivity contribution >= 4 is 17.7 Å². The lowest BCUT2D eigenvalue weighted by Crippen LogP contribution is -2.09. The highest BCUT2D eigenvalue weighted by molar-refractivity contribution is 6.11. The molecule has 5 heteroatoms. The molecule has 0 N–H and O–H groups in total. The quantitative estimate of drug-likeness (QED) is 0.354. The lowest BCUT2D eigenvalue weighted by molar-refractivity contribution is -0.129. The number of esters is 2. The van der Waals surface area contributed by atoms with Crippen molar-refractivity contribution in [1.29, 1.82) is 0 Å². The number of carbonyl (C=O) groups is 3. The van der Waals surface area contributed by atoms with Crippen molar-refractivity contribution in [3.63, 3.8) is 0 Å². The van der Waals surface area contributed by atoms with E-state index in [4.69, 9.17) is 9.47 Å². The summed E-state index contributed by atoms with van der Waals surface area (Å²) in [5.41, 5.74) is 0.596. The van der Waals surface area contributed by atoms with Crippen LogP contribution in [0.3, 0.4) is 0 Å². The molecule has 0 aliphatic heterocycles. The fraction of sp³-hybridized carbons (Fsp3) is 0. The van der Waals surface area contributed by atoms with E-state index in [2.05, 4.69) is 13.2 Å². The molecule has 0 amide bonds. The van der Waals surface area contributed by atoms with Gasteiger partial charge in [-0.3, -0.25) is 4.79 Å². The Morgan fingerprint density at radius 3 is 2.00 bits per heavy atom. The average molecular weight is 322 g/mol. The second-order valence-corrected chi connectivity index (χ2v) is 4.60. The molecule has 0 aliphatic carbocycles. The summed E-state index contributed by atoms with van der Waals surface area (Å²) in [6.07, 6.45) is 2.06. The number of carbonyl (C=O) groups excluding carboxylic acids is 3. The monoisotopic (exact) mass is 322 g/mol. The van der Waals surface area contributed by atoms with Crippen LogP contribution in [0.5, 0.6) is 11.5 Å². The number of para-hydroxylation sites is 1. The van der Waals surface area contributed by atoms with Gasteiger partial charge >= 0.3 is 11.9 Å². The lowest BCUT2D eigenvalue weighted by atomic mass is 10.0. The van der Waals surface area contributed by atoms with E-state index < -0.39 is 11.9 Å². The van der Waals surface area contributed by atoms with E-state index in [0.29, 0.717) is 11.3 Å². The Balaban J connectivity index is 2.26. The van der Waals surface area contributed by atoms with Gasteiger partial charge in [-0.25, -0.2) is 9.59 Å². The van der Waals surface area contributed by atoms with Crippen LogP contribution in [-0.4, -0.2) is 17.7 Å². The second-order valence-electron chi connectivity index (χ2n) is 4.60. The van der Waals surface area contributed by atoms with Crippen molar-refractivity contribution in [2.24, 2.45) is 0 Å². The van der Waals surface area contributed by atoms with Gasteiger partial charge in [-0.05, 0) is 36.4 Å². The summed E-state index contributed by atoms with van der Waals surface area (Å²) in [4.78, 5) is 35.1. The predicted molar refractivity (Wildman–Crippen MR) is 88.0 cm³/mol. The van der Waals surface area contributed by atoms with E-state index in [0.717, 1.165) is 12.2 Å². The van der Waals surface area contributed by atoms with Gasteiger partial charge in [0.2, 0.25) is 0 Å². The molecule has 120 valence electrons. The minimum atomic E-state index is -0.651. The first kappa shape index (κ1) is 16.9. The molecule has 24 heavy (non-hydrogen) atoms. The molecule has 0 saturated heterocycles. The Labute approximate surface area is 138 Å². The molecule has 2 aromatic rings. The number of hydrogen-bond acceptors (Lipinski definition) is 5. The fourth-order valence-electron chi connectivity index (χ4n) is 1.88. The van der Waals surface area contributed by atoms with Crippen molar-refractivity contribution in [3.8, 4) is 11.5 Å². The third-order valence-corrected chi connectivity index (χ3v) is 3.01. The zero-order chi connectivity index (χ0) is 17.5. The second kappa shape index (κ2) is 7.69. The minimum absolute atomic E-state index is 0.148. The van der Waals surface area contributed by atoms with Gasteiger partial charge in [-0.1, -0.05) is 25.3 Å². The molecule has 0 atom stereocenters. The van der Waals surface area contributed by atoms with Crippen LogP contribution in [0.4, 0.5) is 0 Å². The number of ether oxygens (including phenoxy) is 2. The molecule has 0 aromatic heterocycles. The molecule has 5 nitrogen and oxygen atoms in total. The summed E-state index contributed by atoms with van der Waals surface area (Å²) in [6.45, 7) is 6.63. The van der Waals surface area contributed by atoms with E-state index in [-0.39, 0.29) is 17.1 Å². The molecule has 2 aromatic carbocycles. The van der Waals surface area contributed by atoms with Crippen LogP contribution < -0.4 is 9.47 Å². The first-order valence-corrected chi connectivity index (χ1v) is 6.97. The lowest BCUT2D eigenvalue weighted by Gasteiger charge is -2.08. The third-order valence-electron chi connectivity index (χ3n) is 3.01. The molecule has 0 saturated carbocycles. The van der Waals surface area contributed by atoms with Crippen LogP contribution in [0.25, 0.3) is 0 Å². The van der Waals surface area contributed by atoms with Gasteiger partial charge in [-0.2, -0.15) is 0 Å². The van der Waals surface area contributed by atoms with E-state index in [1.54, 1.807) is 18.2 Å². The van der Waals surface area contributed by atoms with Gasteiger partial charge in [0.1, 0.15) is 11.5 Å². The van der Waals surface area contributed by atoms with E-state index in [1.165, 1.54) is 30.3 Å². The molecule has 0 spiro atoms. The van der Waals surface area contributed by atoms with E-state index >= 15 is 0 Å². The van der Waals surface area contributed by atoms with Gasteiger partial charge in [0, 0.05) is 17.7 Å². The van der Waals surface area contributed by atoms with Crippen molar-refractivity contribution < 1.29 is 23.9 Å². The molecule has 0 bridgehead atoms. The molecule has 0 aliphatic rings. The summed E-state index contributed by atoms with van der Waals surface area (Å²) in [5.74, 6) is -1.13. The number of rotatable bonds is 6. The maximum Gasteiger partial charge on any atom is 0.335 e. The maximum absolute atomic E-state index is 12.6. The highest BCUT2D eigenvalue weighted by Crippen LogP contribution is 2.23. The number of hydrogen-bond donors (Lipinski definition) is 0. The molecule has 0 radical (unpaired) electrons. The summed E-state index contributed by atoms with van der Waals surface area (Å²) in [6, 6.07) is 12.4. The first-order chi connectivity index (χ1) is 11.5. The van der Waals surface area contributed by atoms with Crippen LogP contribution in [0.1, 0.15) is 15.9 Å². The Morgan fingerprint density at radius 1 is 0.792 bits per heavy atom. The molecule has 0 fully saturated rings. The summed E-state index contributed by atoms with van der Waals surface area (Å²) in [7, 11) is 0. The zero-order valence-corrected chi connectivity index (χ0v) is 12.7. The first-order valence-electron chi connectivity index (χ1n) is 6.97. The molecular weight excluding hydrogens is 308 g/mol. The Bertz CT molecular complexity index is 803. The SMILES string of the molecule is C=CC(=O)Oc1ccc(C(=O)c2ccccc2OC(=O)C=C)cc1. The predicted octanol–water partition coefficient (Wildman–Crippen LogP) is 3.10. The van der Waals surface area contributed by atoms with Crippen LogP contribution in [0, 0.1) is 0 Å². The van der Waals surface area contributed by atoms with Crippen LogP contribution in [0.15, 0.2) is 73.8 Å². The fourth-order valence-corrected chi connectivity index (χ4v) is 1.88. The number of benzene rings is 2. The van der Waals surface area contributed by atoms with Crippen molar-refractivity contribution in [3.05, 3.63) is 85.0 Å². The van der Waals surface area contributed by atoms with Gasteiger partial charge in [-0.15, -0.1) is 0 Å². The third kappa shape index (κ3) is 4.04. The van der Waals surface area contributed by atoms with Gasteiger partial charge in [0.15, 0.2) is 5.78 Å². The van der Waals surface area contributed by atoms with Crippen LogP contribution in [-0.2, 0) is 9.59 Å². The largest absolute Gasteiger partial charge is 0.423 e. The molecule has 0 heterocycles. The van der Waals surface area contributed by atoms with Crippen molar-refractivity contribution in [2.45, 2.75) is 0 Å². The zero-order valence-electron chi connectivity index (χ0n) is 12.7. The standard InChI is InChI=1S/C19H14O5/c1-3-17(20)23-14-11-9-13(10-12-14)19(22)15-7-5-6-8-16(15)24-18(21)4-2/h3-12H,1-2H2. The summed E-state index contributed by atoms with van der Waals surface area (Å²) < 4.78 is 10.0. The number of ketones is 1. The smallest absolute Gasteiger partial charge is 0.335 e. The minimum Gasteiger partial charge on any atom is -0.423 e. The normalized spacial score (nSPS) is 9.67. The van der Waals surface area contributed by atoms with Gasteiger partial charge < -0.3 is 9.47 Å². The summed E-state index contributed by atoms with van der Waals surface area (Å²) >= 11 is 0.